The van der Waals surface area contributed by atoms with Crippen molar-refractivity contribution in [1.29, 1.82) is 0 Å². The Bertz CT molecular complexity index is 634. The molecule has 120 valence electrons. The van der Waals surface area contributed by atoms with Crippen molar-refractivity contribution < 1.29 is 10.2 Å². The zero-order valence-electron chi connectivity index (χ0n) is 13.4. The molecule has 5 heteroatoms. The number of nitrogens with zero attached hydrogens (tertiary/aromatic N) is 1. The number of hydrogen-bond acceptors (Lipinski definition) is 4. The largest absolute Gasteiger partial charge is 0.392 e. The van der Waals surface area contributed by atoms with E-state index >= 15 is 0 Å². The summed E-state index contributed by atoms with van der Waals surface area (Å²) >= 11 is 6.12. The highest BCUT2D eigenvalue weighted by Crippen LogP contribution is 2.39. The number of allylic oxidation sites excluding steroid dienone is 1. The molecular formula is C17H23ClN2O2. The normalized spacial score (nSPS) is 19.4. The number of hydrogen-bond donors (Lipinski definition) is 3. The summed E-state index contributed by atoms with van der Waals surface area (Å²) in [4.78, 5) is 2.04. The van der Waals surface area contributed by atoms with Crippen LogP contribution in [0.3, 0.4) is 0 Å². The van der Waals surface area contributed by atoms with E-state index in [2.05, 4.69) is 5.32 Å². The molecule has 2 rings (SSSR count). The summed E-state index contributed by atoms with van der Waals surface area (Å²) in [6, 6.07) is 5.54. The topological polar surface area (TPSA) is 55.7 Å². The van der Waals surface area contributed by atoms with Crippen LogP contribution in [0.2, 0.25) is 5.02 Å². The van der Waals surface area contributed by atoms with Crippen LogP contribution in [-0.4, -0.2) is 29.6 Å². The van der Waals surface area contributed by atoms with Gasteiger partial charge in [-0.05, 0) is 57.0 Å². The number of anilines is 2. The van der Waals surface area contributed by atoms with Crippen molar-refractivity contribution in [2.45, 2.75) is 33.9 Å². The summed E-state index contributed by atoms with van der Waals surface area (Å²) < 4.78 is 0. The SMILES string of the molecule is CCN1C(=C(C)C(CO)=C(C)C)C(O)Nc2ccc(Cl)cc21. The van der Waals surface area contributed by atoms with E-state index in [-0.39, 0.29) is 6.61 Å². The van der Waals surface area contributed by atoms with Gasteiger partial charge in [0.15, 0.2) is 6.23 Å². The van der Waals surface area contributed by atoms with Gasteiger partial charge in [0.25, 0.3) is 0 Å². The van der Waals surface area contributed by atoms with E-state index in [0.717, 1.165) is 33.8 Å². The molecule has 0 spiro atoms. The first-order valence-electron chi connectivity index (χ1n) is 7.40. The second-order valence-electron chi connectivity index (χ2n) is 5.60. The Morgan fingerprint density at radius 1 is 1.32 bits per heavy atom. The lowest BCUT2D eigenvalue weighted by molar-refractivity contribution is 0.232. The van der Waals surface area contributed by atoms with Gasteiger partial charge in [-0.1, -0.05) is 17.2 Å². The van der Waals surface area contributed by atoms with Gasteiger partial charge >= 0.3 is 0 Å². The predicted octanol–water partition coefficient (Wildman–Crippen LogP) is 3.51. The Labute approximate surface area is 136 Å². The minimum Gasteiger partial charge on any atom is -0.392 e. The lowest BCUT2D eigenvalue weighted by Crippen LogP contribution is -2.40. The lowest BCUT2D eigenvalue weighted by atomic mass is 9.98. The van der Waals surface area contributed by atoms with Gasteiger partial charge in [-0.3, -0.25) is 0 Å². The highest BCUT2D eigenvalue weighted by Gasteiger charge is 2.29. The summed E-state index contributed by atoms with van der Waals surface area (Å²) in [7, 11) is 0. The van der Waals surface area contributed by atoms with E-state index in [9.17, 15) is 10.2 Å². The monoisotopic (exact) mass is 322 g/mol. The van der Waals surface area contributed by atoms with Crippen molar-refractivity contribution in [1.82, 2.24) is 0 Å². The summed E-state index contributed by atoms with van der Waals surface area (Å²) in [6.07, 6.45) is -0.825. The third-order valence-electron chi connectivity index (χ3n) is 4.01. The van der Waals surface area contributed by atoms with E-state index in [4.69, 9.17) is 11.6 Å². The first-order valence-corrected chi connectivity index (χ1v) is 7.78. The third kappa shape index (κ3) is 3.00. The molecule has 1 aliphatic heterocycles. The number of halogens is 1. The molecule has 0 radical (unpaired) electrons. The first-order chi connectivity index (χ1) is 10.4. The van der Waals surface area contributed by atoms with E-state index in [1.165, 1.54) is 0 Å². The highest BCUT2D eigenvalue weighted by atomic mass is 35.5. The van der Waals surface area contributed by atoms with Gasteiger partial charge in [0.05, 0.1) is 23.7 Å². The van der Waals surface area contributed by atoms with Crippen LogP contribution in [0.1, 0.15) is 27.7 Å². The smallest absolute Gasteiger partial charge is 0.166 e. The molecule has 1 aromatic carbocycles. The average molecular weight is 323 g/mol. The number of benzene rings is 1. The molecular weight excluding hydrogens is 300 g/mol. The number of likely N-dealkylation sites (N-methyl/N-ethyl adjacent to an activating group) is 1. The molecule has 1 aliphatic rings. The number of fused-ring (bicyclic) bond motifs is 1. The average Bonchev–Trinajstić information content (AvgIpc) is 2.46. The first kappa shape index (κ1) is 16.9. The van der Waals surface area contributed by atoms with Gasteiger partial charge in [-0.25, -0.2) is 0 Å². The standard InChI is InChI=1S/C17H23ClN2O2/c1-5-20-15-8-12(18)6-7-14(15)19-17(22)16(20)11(4)13(9-21)10(2)3/h6-8,17,19,21-22H,5,9H2,1-4H3. The van der Waals surface area contributed by atoms with Crippen LogP contribution in [0.25, 0.3) is 0 Å². The molecule has 0 bridgehead atoms. The molecule has 1 unspecified atom stereocenters. The molecule has 0 amide bonds. The van der Waals surface area contributed by atoms with Crippen molar-refractivity contribution in [2.24, 2.45) is 0 Å². The van der Waals surface area contributed by atoms with E-state index in [0.29, 0.717) is 11.6 Å². The second-order valence-corrected chi connectivity index (χ2v) is 6.04. The van der Waals surface area contributed by atoms with E-state index < -0.39 is 6.23 Å². The molecule has 0 fully saturated rings. The van der Waals surface area contributed by atoms with Crippen LogP contribution >= 0.6 is 11.6 Å². The number of rotatable bonds is 3. The zero-order chi connectivity index (χ0) is 16.4. The van der Waals surface area contributed by atoms with Crippen LogP contribution in [0.5, 0.6) is 0 Å². The predicted molar refractivity (Wildman–Crippen MR) is 92.3 cm³/mol. The Morgan fingerprint density at radius 2 is 2.00 bits per heavy atom. The van der Waals surface area contributed by atoms with Crippen molar-refractivity contribution in [2.75, 3.05) is 23.4 Å². The van der Waals surface area contributed by atoms with E-state index in [1.54, 1.807) is 6.07 Å². The van der Waals surface area contributed by atoms with Gasteiger partial charge in [0.1, 0.15) is 0 Å². The Hall–Kier alpha value is -1.49. The van der Waals surface area contributed by atoms with Gasteiger partial charge in [0.2, 0.25) is 0 Å². The molecule has 3 N–H and O–H groups in total. The quantitative estimate of drug-likeness (QED) is 0.797. The molecule has 1 heterocycles. The number of nitrogens with one attached hydrogen (secondary N) is 1. The molecule has 0 saturated heterocycles. The summed E-state index contributed by atoms with van der Waals surface area (Å²) in [5, 5.41) is 23.9. The van der Waals surface area contributed by atoms with Crippen molar-refractivity contribution >= 4 is 23.0 Å². The van der Waals surface area contributed by atoms with Crippen LogP contribution in [0.15, 0.2) is 40.6 Å². The minimum atomic E-state index is -0.825. The molecule has 0 saturated carbocycles. The molecule has 1 atom stereocenters. The van der Waals surface area contributed by atoms with E-state index in [1.807, 2.05) is 44.7 Å². The maximum Gasteiger partial charge on any atom is 0.166 e. The van der Waals surface area contributed by atoms with Crippen LogP contribution in [0, 0.1) is 0 Å². The molecule has 4 nitrogen and oxygen atoms in total. The lowest BCUT2D eigenvalue weighted by Gasteiger charge is -2.38. The molecule has 1 aromatic rings. The molecule has 0 aliphatic carbocycles. The van der Waals surface area contributed by atoms with Crippen molar-refractivity contribution in [3.8, 4) is 0 Å². The van der Waals surface area contributed by atoms with Crippen molar-refractivity contribution in [3.05, 3.63) is 45.6 Å². The van der Waals surface area contributed by atoms with Gasteiger partial charge in [0, 0.05) is 11.6 Å². The van der Waals surface area contributed by atoms with Gasteiger partial charge in [-0.15, -0.1) is 0 Å². The molecule has 22 heavy (non-hydrogen) atoms. The minimum absolute atomic E-state index is 0.0512. The van der Waals surface area contributed by atoms with Gasteiger partial charge in [-0.2, -0.15) is 0 Å². The highest BCUT2D eigenvalue weighted by molar-refractivity contribution is 6.31. The van der Waals surface area contributed by atoms with Crippen LogP contribution in [-0.2, 0) is 0 Å². The maximum atomic E-state index is 10.5. The maximum absolute atomic E-state index is 10.5. The summed E-state index contributed by atoms with van der Waals surface area (Å²) in [5.74, 6) is 0. The Balaban J connectivity index is 2.64. The fourth-order valence-electron chi connectivity index (χ4n) is 2.90. The van der Waals surface area contributed by atoms with Crippen LogP contribution in [0.4, 0.5) is 11.4 Å². The summed E-state index contributed by atoms with van der Waals surface area (Å²) in [5.41, 5.74) is 5.30. The Kier molecular flexibility index (Phi) is 5.16. The van der Waals surface area contributed by atoms with Crippen molar-refractivity contribution in [3.63, 3.8) is 0 Å². The van der Waals surface area contributed by atoms with Crippen LogP contribution < -0.4 is 10.2 Å². The number of aliphatic hydroxyl groups is 2. The summed E-state index contributed by atoms with van der Waals surface area (Å²) in [6.45, 7) is 8.51. The van der Waals surface area contributed by atoms with Gasteiger partial charge < -0.3 is 20.4 Å². The fraction of sp³-hybridized carbons (Fsp3) is 0.412. The molecule has 0 aromatic heterocycles. The number of aliphatic hydroxyl groups excluding tert-OH is 2. The Morgan fingerprint density at radius 3 is 2.55 bits per heavy atom. The second kappa shape index (κ2) is 6.73. The third-order valence-corrected chi connectivity index (χ3v) is 4.24. The zero-order valence-corrected chi connectivity index (χ0v) is 14.2. The fourth-order valence-corrected chi connectivity index (χ4v) is 3.06.